The van der Waals surface area contributed by atoms with Gasteiger partial charge in [0.05, 0.1) is 0 Å². The first kappa shape index (κ1) is 17.1. The summed E-state index contributed by atoms with van der Waals surface area (Å²) in [6, 6.07) is 23.6. The van der Waals surface area contributed by atoms with Crippen LogP contribution in [0, 0.1) is 0 Å². The minimum Gasteiger partial charge on any atom is -0.356 e. The zero-order valence-corrected chi connectivity index (χ0v) is 14.9. The molecular formula is C22H27N. The van der Waals surface area contributed by atoms with Crippen molar-refractivity contribution in [3.63, 3.8) is 0 Å². The maximum absolute atomic E-state index is 3.47. The highest BCUT2D eigenvalue weighted by molar-refractivity contribution is 5.86. The van der Waals surface area contributed by atoms with Crippen LogP contribution < -0.4 is 5.32 Å². The van der Waals surface area contributed by atoms with Gasteiger partial charge in [-0.15, -0.1) is 0 Å². The molecule has 120 valence electrons. The lowest BCUT2D eigenvalue weighted by Crippen LogP contribution is -2.10. The molecule has 0 aliphatic rings. The summed E-state index contributed by atoms with van der Waals surface area (Å²) in [7, 11) is 0. The summed E-state index contributed by atoms with van der Waals surface area (Å²) in [5.41, 5.74) is 3.80. The summed E-state index contributed by atoms with van der Waals surface area (Å²) in [5, 5.41) is 6.00. The molecule has 0 aromatic heterocycles. The van der Waals surface area contributed by atoms with Gasteiger partial charge < -0.3 is 5.32 Å². The SMILES string of the molecule is CC.CC(C)(C)c1ccc(Nc2ccc3ccccc3c2)cc1. The third kappa shape index (κ3) is 4.35. The van der Waals surface area contributed by atoms with Gasteiger partial charge in [-0.2, -0.15) is 0 Å². The minimum absolute atomic E-state index is 0.196. The largest absolute Gasteiger partial charge is 0.356 e. The van der Waals surface area contributed by atoms with Crippen molar-refractivity contribution >= 4 is 22.1 Å². The summed E-state index contributed by atoms with van der Waals surface area (Å²) in [6.45, 7) is 10.7. The maximum Gasteiger partial charge on any atom is 0.0390 e. The van der Waals surface area contributed by atoms with Gasteiger partial charge in [0.2, 0.25) is 0 Å². The van der Waals surface area contributed by atoms with E-state index in [1.165, 1.54) is 16.3 Å². The fourth-order valence-electron chi connectivity index (χ4n) is 2.49. The molecule has 0 aliphatic heterocycles. The average Bonchev–Trinajstić information content (AvgIpc) is 2.56. The Bertz CT molecular complexity index is 749. The summed E-state index contributed by atoms with van der Waals surface area (Å²) in [5.74, 6) is 0. The lowest BCUT2D eigenvalue weighted by atomic mass is 9.87. The summed E-state index contributed by atoms with van der Waals surface area (Å²) in [4.78, 5) is 0. The van der Waals surface area contributed by atoms with Gasteiger partial charge in [0.25, 0.3) is 0 Å². The molecule has 0 radical (unpaired) electrons. The van der Waals surface area contributed by atoms with E-state index in [0.717, 1.165) is 11.4 Å². The Hall–Kier alpha value is -2.28. The van der Waals surface area contributed by atoms with E-state index in [0.29, 0.717) is 0 Å². The second-order valence-corrected chi connectivity index (χ2v) is 6.51. The fourth-order valence-corrected chi connectivity index (χ4v) is 2.49. The summed E-state index contributed by atoms with van der Waals surface area (Å²) < 4.78 is 0. The molecule has 0 bridgehead atoms. The van der Waals surface area contributed by atoms with Crippen LogP contribution in [0.2, 0.25) is 0 Å². The van der Waals surface area contributed by atoms with Crippen molar-refractivity contribution in [2.24, 2.45) is 0 Å². The van der Waals surface area contributed by atoms with Crippen molar-refractivity contribution in [3.8, 4) is 0 Å². The molecule has 0 saturated heterocycles. The number of anilines is 2. The predicted octanol–water partition coefficient (Wildman–Crippen LogP) is 6.91. The van der Waals surface area contributed by atoms with Gasteiger partial charge in [0, 0.05) is 11.4 Å². The molecular weight excluding hydrogens is 278 g/mol. The Kier molecular flexibility index (Phi) is 5.44. The van der Waals surface area contributed by atoms with Crippen LogP contribution in [0.4, 0.5) is 11.4 Å². The molecule has 0 spiro atoms. The topological polar surface area (TPSA) is 12.0 Å². The highest BCUT2D eigenvalue weighted by Gasteiger charge is 2.12. The van der Waals surface area contributed by atoms with Crippen molar-refractivity contribution < 1.29 is 0 Å². The van der Waals surface area contributed by atoms with Crippen molar-refractivity contribution in [2.75, 3.05) is 5.32 Å². The monoisotopic (exact) mass is 305 g/mol. The van der Waals surface area contributed by atoms with E-state index in [9.17, 15) is 0 Å². The molecule has 23 heavy (non-hydrogen) atoms. The maximum atomic E-state index is 3.47. The van der Waals surface area contributed by atoms with Crippen molar-refractivity contribution in [2.45, 2.75) is 40.0 Å². The summed E-state index contributed by atoms with van der Waals surface area (Å²) >= 11 is 0. The number of nitrogens with one attached hydrogen (secondary N) is 1. The predicted molar refractivity (Wildman–Crippen MR) is 104 cm³/mol. The first-order chi connectivity index (χ1) is 11.0. The minimum atomic E-state index is 0.196. The number of hydrogen-bond acceptors (Lipinski definition) is 1. The number of hydrogen-bond donors (Lipinski definition) is 1. The second kappa shape index (κ2) is 7.32. The van der Waals surface area contributed by atoms with Gasteiger partial charge in [0.15, 0.2) is 0 Å². The Morgan fingerprint density at radius 2 is 1.22 bits per heavy atom. The van der Waals surface area contributed by atoms with Crippen LogP contribution in [0.5, 0.6) is 0 Å². The van der Waals surface area contributed by atoms with E-state index in [4.69, 9.17) is 0 Å². The van der Waals surface area contributed by atoms with Crippen molar-refractivity contribution in [1.29, 1.82) is 0 Å². The molecule has 3 rings (SSSR count). The standard InChI is InChI=1S/C20H21N.C2H6/c1-20(2,3)17-9-12-18(13-10-17)21-19-11-8-15-6-4-5-7-16(15)14-19;1-2/h4-14,21H,1-3H3;1-2H3. The first-order valence-corrected chi connectivity index (χ1v) is 8.39. The molecule has 1 heteroatoms. The van der Waals surface area contributed by atoms with E-state index in [2.05, 4.69) is 92.8 Å². The highest BCUT2D eigenvalue weighted by Crippen LogP contribution is 2.26. The lowest BCUT2D eigenvalue weighted by Gasteiger charge is -2.19. The van der Waals surface area contributed by atoms with Crippen LogP contribution in [0.1, 0.15) is 40.2 Å². The Morgan fingerprint density at radius 1 is 0.652 bits per heavy atom. The van der Waals surface area contributed by atoms with Crippen LogP contribution >= 0.6 is 0 Å². The van der Waals surface area contributed by atoms with Gasteiger partial charge >= 0.3 is 0 Å². The average molecular weight is 305 g/mol. The van der Waals surface area contributed by atoms with E-state index in [1.807, 2.05) is 13.8 Å². The Morgan fingerprint density at radius 3 is 1.83 bits per heavy atom. The zero-order valence-electron chi connectivity index (χ0n) is 14.9. The number of rotatable bonds is 2. The van der Waals surface area contributed by atoms with Crippen LogP contribution in [-0.4, -0.2) is 0 Å². The van der Waals surface area contributed by atoms with Gasteiger partial charge in [0.1, 0.15) is 0 Å². The third-order valence-electron chi connectivity index (χ3n) is 3.79. The Balaban J connectivity index is 0.000000924. The number of fused-ring (bicyclic) bond motifs is 1. The summed E-state index contributed by atoms with van der Waals surface area (Å²) in [6.07, 6.45) is 0. The van der Waals surface area contributed by atoms with Gasteiger partial charge in [-0.3, -0.25) is 0 Å². The molecule has 0 fully saturated rings. The van der Waals surface area contributed by atoms with Crippen LogP contribution in [0.25, 0.3) is 10.8 Å². The molecule has 3 aromatic rings. The van der Waals surface area contributed by atoms with Crippen LogP contribution in [0.3, 0.4) is 0 Å². The second-order valence-electron chi connectivity index (χ2n) is 6.51. The van der Waals surface area contributed by atoms with Crippen LogP contribution in [0.15, 0.2) is 66.7 Å². The fraction of sp³-hybridized carbons (Fsp3) is 0.273. The molecule has 0 atom stereocenters. The molecule has 0 saturated carbocycles. The smallest absolute Gasteiger partial charge is 0.0390 e. The van der Waals surface area contributed by atoms with Gasteiger partial charge in [-0.1, -0.05) is 77.1 Å². The Labute approximate surface area is 140 Å². The highest BCUT2D eigenvalue weighted by atomic mass is 14.9. The van der Waals surface area contributed by atoms with Crippen molar-refractivity contribution in [1.82, 2.24) is 0 Å². The van der Waals surface area contributed by atoms with Crippen molar-refractivity contribution in [3.05, 3.63) is 72.3 Å². The molecule has 0 unspecified atom stereocenters. The lowest BCUT2D eigenvalue weighted by molar-refractivity contribution is 0.590. The van der Waals surface area contributed by atoms with E-state index in [-0.39, 0.29) is 5.41 Å². The zero-order chi connectivity index (χ0) is 16.9. The first-order valence-electron chi connectivity index (χ1n) is 8.39. The van der Waals surface area contributed by atoms with Gasteiger partial charge in [-0.05, 0) is 46.0 Å². The molecule has 3 aromatic carbocycles. The molecule has 0 aliphatic carbocycles. The van der Waals surface area contributed by atoms with Crippen LogP contribution in [-0.2, 0) is 5.41 Å². The molecule has 0 amide bonds. The van der Waals surface area contributed by atoms with E-state index in [1.54, 1.807) is 0 Å². The quantitative estimate of drug-likeness (QED) is 0.542. The van der Waals surface area contributed by atoms with Gasteiger partial charge in [-0.25, -0.2) is 0 Å². The third-order valence-corrected chi connectivity index (χ3v) is 3.79. The molecule has 1 N–H and O–H groups in total. The number of benzene rings is 3. The van der Waals surface area contributed by atoms with E-state index >= 15 is 0 Å². The molecule has 1 nitrogen and oxygen atoms in total. The molecule has 0 heterocycles. The van der Waals surface area contributed by atoms with E-state index < -0.39 is 0 Å². The normalized spacial score (nSPS) is 10.8.